The molecule has 0 saturated carbocycles. The first kappa shape index (κ1) is 20.6. The van der Waals surface area contributed by atoms with E-state index in [-0.39, 0.29) is 12.1 Å². The summed E-state index contributed by atoms with van der Waals surface area (Å²) in [5, 5.41) is 0. The van der Waals surface area contributed by atoms with Gasteiger partial charge in [0.2, 0.25) is 0 Å². The summed E-state index contributed by atoms with van der Waals surface area (Å²) < 4.78 is 10.4. The van der Waals surface area contributed by atoms with E-state index >= 15 is 0 Å². The van der Waals surface area contributed by atoms with E-state index in [1.807, 2.05) is 55.5 Å². The van der Waals surface area contributed by atoms with Crippen LogP contribution in [0.4, 0.5) is 4.79 Å². The average molecular weight is 393 g/mol. The van der Waals surface area contributed by atoms with Crippen molar-refractivity contribution in [3.63, 3.8) is 0 Å². The molecule has 0 spiro atoms. The van der Waals surface area contributed by atoms with Crippen molar-refractivity contribution in [2.45, 2.75) is 39.3 Å². The van der Waals surface area contributed by atoms with Gasteiger partial charge in [-0.05, 0) is 42.0 Å². The Kier molecular flexibility index (Phi) is 7.45. The van der Waals surface area contributed by atoms with Gasteiger partial charge in [-0.15, -0.1) is 0 Å². The van der Waals surface area contributed by atoms with Crippen LogP contribution in [0, 0.1) is 0 Å². The number of hydrogen-bond donors (Lipinski definition) is 0. The summed E-state index contributed by atoms with van der Waals surface area (Å²) in [6, 6.07) is 16.0. The van der Waals surface area contributed by atoms with Crippen LogP contribution < -0.4 is 0 Å². The van der Waals surface area contributed by atoms with Crippen LogP contribution >= 0.6 is 0 Å². The lowest BCUT2D eigenvalue weighted by Gasteiger charge is -2.28. The molecule has 0 saturated heterocycles. The molecule has 2 aromatic carbocycles. The second-order valence-corrected chi connectivity index (χ2v) is 6.99. The van der Waals surface area contributed by atoms with Gasteiger partial charge in [0, 0.05) is 19.5 Å². The molecular weight excluding hydrogens is 366 g/mol. The maximum Gasteiger partial charge on any atom is 0.410 e. The summed E-state index contributed by atoms with van der Waals surface area (Å²) in [5.74, 6) is -0.165. The van der Waals surface area contributed by atoms with E-state index in [2.05, 4.69) is 12.1 Å². The molecule has 0 radical (unpaired) electrons. The molecule has 1 aliphatic rings. The summed E-state index contributed by atoms with van der Waals surface area (Å²) in [5.41, 5.74) is 4.49. The Labute approximate surface area is 171 Å². The number of nitrogens with zero attached hydrogens (tertiary/aromatic N) is 1. The third-order valence-corrected chi connectivity index (χ3v) is 4.84. The predicted octanol–water partition coefficient (Wildman–Crippen LogP) is 4.74. The summed E-state index contributed by atoms with van der Waals surface area (Å²) in [6.07, 6.45) is 5.61. The number of fused-ring (bicyclic) bond motifs is 1. The Morgan fingerprint density at radius 3 is 2.69 bits per heavy atom. The van der Waals surface area contributed by atoms with Crippen LogP contribution in [0.3, 0.4) is 0 Å². The minimum absolute atomic E-state index is 0.165. The Hall–Kier alpha value is -3.08. The van der Waals surface area contributed by atoms with E-state index in [9.17, 15) is 9.59 Å². The molecule has 0 unspecified atom stereocenters. The molecule has 0 aliphatic carbocycles. The fourth-order valence-electron chi connectivity index (χ4n) is 3.30. The molecule has 2 aromatic rings. The number of allylic oxidation sites excluding steroid dienone is 1. The smallest absolute Gasteiger partial charge is 0.410 e. The van der Waals surface area contributed by atoms with Gasteiger partial charge in [-0.2, -0.15) is 0 Å². The highest BCUT2D eigenvalue weighted by atomic mass is 16.6. The summed E-state index contributed by atoms with van der Waals surface area (Å²) in [4.78, 5) is 25.5. The third kappa shape index (κ3) is 6.21. The molecule has 3 rings (SSSR count). The lowest BCUT2D eigenvalue weighted by atomic mass is 9.97. The number of rotatable bonds is 7. The normalized spacial score (nSPS) is 13.2. The van der Waals surface area contributed by atoms with Gasteiger partial charge in [0.05, 0.1) is 6.61 Å². The molecule has 29 heavy (non-hydrogen) atoms. The van der Waals surface area contributed by atoms with Crippen molar-refractivity contribution in [2.24, 2.45) is 0 Å². The molecule has 0 bridgehead atoms. The second-order valence-electron chi connectivity index (χ2n) is 6.99. The number of hydrogen-bond acceptors (Lipinski definition) is 4. The fourth-order valence-corrected chi connectivity index (χ4v) is 3.30. The Balaban J connectivity index is 1.50. The predicted molar refractivity (Wildman–Crippen MR) is 112 cm³/mol. The Morgan fingerprint density at radius 1 is 1.07 bits per heavy atom. The van der Waals surface area contributed by atoms with Crippen molar-refractivity contribution in [1.29, 1.82) is 0 Å². The maximum atomic E-state index is 12.4. The number of benzene rings is 2. The molecular formula is C24H27NO4. The van der Waals surface area contributed by atoms with Gasteiger partial charge in [-0.25, -0.2) is 4.79 Å². The topological polar surface area (TPSA) is 55.8 Å². The lowest BCUT2D eigenvalue weighted by molar-refractivity contribution is -0.142. The van der Waals surface area contributed by atoms with Crippen molar-refractivity contribution >= 4 is 18.1 Å². The van der Waals surface area contributed by atoms with Gasteiger partial charge in [0.15, 0.2) is 0 Å². The standard InChI is InChI=1S/C24H27NO4/c1-2-28-23(26)11-7-6-8-19-12-13-22-17-25(15-14-21(22)16-19)24(27)29-18-20-9-4-3-5-10-20/h3-6,8-10,12-13,16H,2,7,11,14-15,17-18H2,1H3. The van der Waals surface area contributed by atoms with Crippen molar-refractivity contribution in [3.8, 4) is 0 Å². The molecule has 1 heterocycles. The van der Waals surface area contributed by atoms with Crippen LogP contribution in [0.5, 0.6) is 0 Å². The number of esters is 1. The van der Waals surface area contributed by atoms with E-state index in [1.165, 1.54) is 5.56 Å². The monoisotopic (exact) mass is 393 g/mol. The van der Waals surface area contributed by atoms with Gasteiger partial charge >= 0.3 is 12.1 Å². The largest absolute Gasteiger partial charge is 0.466 e. The first-order chi connectivity index (χ1) is 14.2. The van der Waals surface area contributed by atoms with Crippen molar-refractivity contribution < 1.29 is 19.1 Å². The van der Waals surface area contributed by atoms with Crippen LogP contribution in [0.1, 0.15) is 42.0 Å². The minimum atomic E-state index is -0.276. The van der Waals surface area contributed by atoms with Crippen LogP contribution in [-0.2, 0) is 33.8 Å². The highest BCUT2D eigenvalue weighted by Crippen LogP contribution is 2.22. The molecule has 1 aliphatic heterocycles. The third-order valence-electron chi connectivity index (χ3n) is 4.84. The van der Waals surface area contributed by atoms with Crippen LogP contribution in [0.25, 0.3) is 6.08 Å². The Morgan fingerprint density at radius 2 is 1.90 bits per heavy atom. The van der Waals surface area contributed by atoms with E-state index in [4.69, 9.17) is 9.47 Å². The van der Waals surface area contributed by atoms with Crippen LogP contribution in [0.15, 0.2) is 54.6 Å². The first-order valence-electron chi connectivity index (χ1n) is 10.1. The molecule has 0 N–H and O–H groups in total. The first-order valence-corrected chi connectivity index (χ1v) is 10.1. The number of ether oxygens (including phenoxy) is 2. The zero-order valence-corrected chi connectivity index (χ0v) is 16.8. The fraction of sp³-hybridized carbons (Fsp3) is 0.333. The Bertz CT molecular complexity index is 860. The lowest BCUT2D eigenvalue weighted by Crippen LogP contribution is -2.36. The minimum Gasteiger partial charge on any atom is -0.466 e. The van der Waals surface area contributed by atoms with Gasteiger partial charge < -0.3 is 14.4 Å². The zero-order valence-electron chi connectivity index (χ0n) is 16.8. The van der Waals surface area contributed by atoms with Gasteiger partial charge in [-0.3, -0.25) is 4.79 Å². The highest BCUT2D eigenvalue weighted by molar-refractivity contribution is 5.70. The number of carbonyl (C=O) groups excluding carboxylic acids is 2. The van der Waals surface area contributed by atoms with E-state index in [0.717, 1.165) is 23.1 Å². The molecule has 0 aromatic heterocycles. The van der Waals surface area contributed by atoms with Gasteiger partial charge in [0.1, 0.15) is 6.61 Å². The van der Waals surface area contributed by atoms with Gasteiger partial charge in [0.25, 0.3) is 0 Å². The second kappa shape index (κ2) is 10.5. The summed E-state index contributed by atoms with van der Waals surface area (Å²) in [7, 11) is 0. The van der Waals surface area contributed by atoms with Gasteiger partial charge in [-0.1, -0.05) is 60.7 Å². The van der Waals surface area contributed by atoms with Crippen molar-refractivity contribution in [1.82, 2.24) is 4.90 Å². The molecule has 1 amide bonds. The molecule has 0 atom stereocenters. The SMILES string of the molecule is CCOC(=O)CCC=Cc1ccc2c(c1)CCN(C(=O)OCc1ccccc1)C2. The van der Waals surface area contributed by atoms with Crippen LogP contribution in [0.2, 0.25) is 0 Å². The van der Waals surface area contributed by atoms with Crippen molar-refractivity contribution in [2.75, 3.05) is 13.2 Å². The summed E-state index contributed by atoms with van der Waals surface area (Å²) >= 11 is 0. The van der Waals surface area contributed by atoms with E-state index in [1.54, 1.807) is 4.90 Å². The molecule has 5 heteroatoms. The van der Waals surface area contributed by atoms with Crippen LogP contribution in [-0.4, -0.2) is 30.1 Å². The zero-order chi connectivity index (χ0) is 20.5. The number of carbonyl (C=O) groups is 2. The quantitative estimate of drug-likeness (QED) is 0.638. The maximum absolute atomic E-state index is 12.4. The molecule has 5 nitrogen and oxygen atoms in total. The molecule has 152 valence electrons. The number of amides is 1. The summed E-state index contributed by atoms with van der Waals surface area (Å²) in [6.45, 7) is 3.74. The van der Waals surface area contributed by atoms with Crippen molar-refractivity contribution in [3.05, 3.63) is 76.9 Å². The average Bonchev–Trinajstić information content (AvgIpc) is 2.75. The van der Waals surface area contributed by atoms with E-state index < -0.39 is 0 Å². The highest BCUT2D eigenvalue weighted by Gasteiger charge is 2.21. The molecule has 0 fully saturated rings. The van der Waals surface area contributed by atoms with E-state index in [0.29, 0.717) is 39.1 Å².